The molecule has 4 aromatic rings. The molecule has 34 heavy (non-hydrogen) atoms. The van der Waals surface area contributed by atoms with Gasteiger partial charge in [-0.05, 0) is 60.9 Å². The average Bonchev–Trinajstić information content (AvgIpc) is 3.17. The zero-order valence-corrected chi connectivity index (χ0v) is 19.3. The third kappa shape index (κ3) is 3.43. The van der Waals surface area contributed by atoms with E-state index >= 15 is 0 Å². The molecule has 1 aliphatic rings. The van der Waals surface area contributed by atoms with E-state index in [2.05, 4.69) is 6.92 Å². The predicted molar refractivity (Wildman–Crippen MR) is 131 cm³/mol. The number of fused-ring (bicyclic) bond motifs is 2. The van der Waals surface area contributed by atoms with Gasteiger partial charge in [-0.2, -0.15) is 0 Å². The molecule has 1 aromatic heterocycles. The van der Waals surface area contributed by atoms with Gasteiger partial charge in [0.05, 0.1) is 30.7 Å². The monoisotopic (exact) mass is 455 g/mol. The summed E-state index contributed by atoms with van der Waals surface area (Å²) in [6.07, 6.45) is 0.888. The van der Waals surface area contributed by atoms with Gasteiger partial charge in [0.2, 0.25) is 5.76 Å². The van der Waals surface area contributed by atoms with Gasteiger partial charge < -0.3 is 13.9 Å². The SMILES string of the molecule is CCOc1ccc(C2c3c(oc4ccccc4c3=O)C(=O)N2c2ccc(CC)cc2)cc1OC. The number of carbonyl (C=O) groups is 1. The molecule has 0 N–H and O–H groups in total. The minimum atomic E-state index is -0.666. The van der Waals surface area contributed by atoms with Crippen molar-refractivity contribution in [1.82, 2.24) is 0 Å². The van der Waals surface area contributed by atoms with Gasteiger partial charge in [-0.15, -0.1) is 0 Å². The van der Waals surface area contributed by atoms with Crippen molar-refractivity contribution in [2.45, 2.75) is 26.3 Å². The van der Waals surface area contributed by atoms with Crippen molar-refractivity contribution in [3.05, 3.63) is 99.4 Å². The van der Waals surface area contributed by atoms with Crippen molar-refractivity contribution >= 4 is 22.6 Å². The van der Waals surface area contributed by atoms with Gasteiger partial charge in [0.15, 0.2) is 16.9 Å². The summed E-state index contributed by atoms with van der Waals surface area (Å²) in [5, 5.41) is 0.445. The highest BCUT2D eigenvalue weighted by atomic mass is 16.5. The van der Waals surface area contributed by atoms with Crippen LogP contribution in [0.1, 0.15) is 47.1 Å². The van der Waals surface area contributed by atoms with Gasteiger partial charge in [-0.1, -0.05) is 37.3 Å². The van der Waals surface area contributed by atoms with Gasteiger partial charge >= 0.3 is 0 Å². The zero-order valence-electron chi connectivity index (χ0n) is 19.3. The zero-order chi connectivity index (χ0) is 23.8. The number of aryl methyl sites for hydroxylation is 1. The molecule has 1 aliphatic heterocycles. The molecule has 3 aromatic carbocycles. The number of ether oxygens (including phenoxy) is 2. The molecular formula is C28H25NO5. The van der Waals surface area contributed by atoms with E-state index in [4.69, 9.17) is 13.9 Å². The molecule has 1 atom stereocenters. The Morgan fingerprint density at radius 1 is 0.941 bits per heavy atom. The summed E-state index contributed by atoms with van der Waals surface area (Å²) in [6, 6.07) is 19.6. The molecule has 0 radical (unpaired) electrons. The quantitative estimate of drug-likeness (QED) is 0.383. The van der Waals surface area contributed by atoms with E-state index < -0.39 is 6.04 Å². The number of amides is 1. The standard InChI is InChI=1S/C28H25NO5/c1-4-17-10-13-19(14-11-17)29-25(18-12-15-22(33-5-2)23(16-18)32-3)24-26(30)20-8-6-7-9-21(20)34-27(24)28(29)31/h6-16,25H,4-5H2,1-3H3. The van der Waals surface area contributed by atoms with Crippen LogP contribution in [0.15, 0.2) is 75.9 Å². The number of benzene rings is 3. The number of anilines is 1. The number of methoxy groups -OCH3 is 1. The largest absolute Gasteiger partial charge is 0.493 e. The van der Waals surface area contributed by atoms with Crippen LogP contribution < -0.4 is 19.8 Å². The van der Waals surface area contributed by atoms with Crippen LogP contribution in [0.4, 0.5) is 5.69 Å². The summed E-state index contributed by atoms with van der Waals surface area (Å²) in [7, 11) is 1.57. The number of hydrogen-bond acceptors (Lipinski definition) is 5. The molecule has 0 aliphatic carbocycles. The second-order valence-electron chi connectivity index (χ2n) is 8.11. The van der Waals surface area contributed by atoms with E-state index in [9.17, 15) is 9.59 Å². The summed E-state index contributed by atoms with van der Waals surface area (Å²) >= 11 is 0. The van der Waals surface area contributed by atoms with Crippen LogP contribution in [0.2, 0.25) is 0 Å². The van der Waals surface area contributed by atoms with Crippen LogP contribution in [-0.2, 0) is 6.42 Å². The van der Waals surface area contributed by atoms with Crippen LogP contribution in [0, 0.1) is 0 Å². The highest BCUT2D eigenvalue weighted by molar-refractivity contribution is 6.10. The summed E-state index contributed by atoms with van der Waals surface area (Å²) in [6.45, 7) is 4.47. The predicted octanol–water partition coefficient (Wildman–Crippen LogP) is 5.51. The Bertz CT molecular complexity index is 1440. The van der Waals surface area contributed by atoms with Crippen molar-refractivity contribution in [3.8, 4) is 11.5 Å². The summed E-state index contributed by atoms with van der Waals surface area (Å²) < 4.78 is 17.2. The van der Waals surface area contributed by atoms with Crippen LogP contribution in [-0.4, -0.2) is 19.6 Å². The molecule has 1 unspecified atom stereocenters. The van der Waals surface area contributed by atoms with Crippen molar-refractivity contribution in [1.29, 1.82) is 0 Å². The number of para-hydroxylation sites is 1. The minimum absolute atomic E-state index is 0.0705. The number of rotatable bonds is 6. The van der Waals surface area contributed by atoms with Gasteiger partial charge in [0, 0.05) is 5.69 Å². The van der Waals surface area contributed by atoms with Gasteiger partial charge in [0.1, 0.15) is 5.58 Å². The average molecular weight is 456 g/mol. The molecule has 2 heterocycles. The van der Waals surface area contributed by atoms with Crippen molar-refractivity contribution < 1.29 is 18.7 Å². The van der Waals surface area contributed by atoms with Gasteiger partial charge in [-0.3, -0.25) is 14.5 Å². The highest BCUT2D eigenvalue weighted by Gasteiger charge is 2.43. The first-order valence-electron chi connectivity index (χ1n) is 11.4. The third-order valence-corrected chi connectivity index (χ3v) is 6.20. The van der Waals surface area contributed by atoms with Gasteiger partial charge in [0.25, 0.3) is 5.91 Å². The molecule has 5 rings (SSSR count). The van der Waals surface area contributed by atoms with E-state index in [0.717, 1.165) is 17.5 Å². The molecule has 6 nitrogen and oxygen atoms in total. The molecule has 6 heteroatoms. The summed E-state index contributed by atoms with van der Waals surface area (Å²) in [5.74, 6) is 0.857. The molecule has 0 saturated heterocycles. The van der Waals surface area contributed by atoms with E-state index in [1.165, 1.54) is 0 Å². The molecular weight excluding hydrogens is 430 g/mol. The second-order valence-corrected chi connectivity index (χ2v) is 8.11. The van der Waals surface area contributed by atoms with E-state index in [1.807, 2.05) is 43.3 Å². The Balaban J connectivity index is 1.76. The molecule has 1 amide bonds. The fourth-order valence-corrected chi connectivity index (χ4v) is 4.52. The lowest BCUT2D eigenvalue weighted by Crippen LogP contribution is -2.29. The van der Waals surface area contributed by atoms with Crippen LogP contribution >= 0.6 is 0 Å². The topological polar surface area (TPSA) is 69.0 Å². The van der Waals surface area contributed by atoms with Crippen LogP contribution in [0.25, 0.3) is 11.0 Å². The van der Waals surface area contributed by atoms with Crippen molar-refractivity contribution in [2.24, 2.45) is 0 Å². The molecule has 0 saturated carbocycles. The van der Waals surface area contributed by atoms with E-state index in [1.54, 1.807) is 42.3 Å². The second kappa shape index (κ2) is 8.71. The van der Waals surface area contributed by atoms with Gasteiger partial charge in [-0.25, -0.2) is 0 Å². The van der Waals surface area contributed by atoms with E-state index in [0.29, 0.717) is 40.3 Å². The van der Waals surface area contributed by atoms with Crippen molar-refractivity contribution in [3.63, 3.8) is 0 Å². The minimum Gasteiger partial charge on any atom is -0.493 e. The highest BCUT2D eigenvalue weighted by Crippen LogP contribution is 2.43. The molecule has 172 valence electrons. The lowest BCUT2D eigenvalue weighted by Gasteiger charge is -2.26. The molecule has 0 spiro atoms. The first-order chi connectivity index (χ1) is 16.6. The fourth-order valence-electron chi connectivity index (χ4n) is 4.52. The maximum absolute atomic E-state index is 13.7. The lowest BCUT2D eigenvalue weighted by atomic mass is 9.97. The number of nitrogens with zero attached hydrogens (tertiary/aromatic N) is 1. The summed E-state index contributed by atoms with van der Waals surface area (Å²) in [4.78, 5) is 29.0. The maximum Gasteiger partial charge on any atom is 0.295 e. The number of carbonyl (C=O) groups excluding carboxylic acids is 1. The normalized spacial score (nSPS) is 15.0. The lowest BCUT2D eigenvalue weighted by molar-refractivity contribution is 0.0971. The number of hydrogen-bond donors (Lipinski definition) is 0. The first-order valence-corrected chi connectivity index (χ1v) is 11.4. The van der Waals surface area contributed by atoms with Crippen LogP contribution in [0.5, 0.6) is 11.5 Å². The third-order valence-electron chi connectivity index (χ3n) is 6.20. The Morgan fingerprint density at radius 2 is 1.71 bits per heavy atom. The van der Waals surface area contributed by atoms with Crippen LogP contribution in [0.3, 0.4) is 0 Å². The summed E-state index contributed by atoms with van der Waals surface area (Å²) in [5.41, 5.74) is 3.09. The Kier molecular flexibility index (Phi) is 5.57. The first kappa shape index (κ1) is 21.8. The van der Waals surface area contributed by atoms with Crippen molar-refractivity contribution in [2.75, 3.05) is 18.6 Å². The Morgan fingerprint density at radius 3 is 2.41 bits per heavy atom. The fraction of sp³-hybridized carbons (Fsp3) is 0.214. The maximum atomic E-state index is 13.7. The smallest absolute Gasteiger partial charge is 0.295 e. The Labute approximate surface area is 197 Å². The molecule has 0 bridgehead atoms. The molecule has 0 fully saturated rings. The van der Waals surface area contributed by atoms with E-state index in [-0.39, 0.29) is 17.1 Å². The Hall–Kier alpha value is -4.06.